The molecule has 15 heavy (non-hydrogen) atoms. The zero-order chi connectivity index (χ0) is 10.7. The Balaban J connectivity index is 1.76. The first kappa shape index (κ1) is 11.1. The average molecular weight is 228 g/mol. The molecule has 0 amide bonds. The van der Waals surface area contributed by atoms with Crippen LogP contribution in [-0.2, 0) is 4.74 Å². The van der Waals surface area contributed by atoms with Gasteiger partial charge in [0.25, 0.3) is 0 Å². The van der Waals surface area contributed by atoms with Crippen LogP contribution in [0.1, 0.15) is 32.6 Å². The summed E-state index contributed by atoms with van der Waals surface area (Å²) in [4.78, 5) is 2.27. The highest BCUT2D eigenvalue weighted by atomic mass is 32.1. The molecule has 0 radical (unpaired) electrons. The third-order valence-electron chi connectivity index (χ3n) is 3.14. The first-order valence-corrected chi connectivity index (χ1v) is 6.38. The van der Waals surface area contributed by atoms with Gasteiger partial charge >= 0.3 is 0 Å². The lowest BCUT2D eigenvalue weighted by molar-refractivity contribution is -0.0159. The van der Waals surface area contributed by atoms with Crippen molar-refractivity contribution in [3.63, 3.8) is 0 Å². The van der Waals surface area contributed by atoms with Crippen molar-refractivity contribution in [2.24, 2.45) is 0 Å². The van der Waals surface area contributed by atoms with E-state index in [2.05, 4.69) is 17.1 Å². The van der Waals surface area contributed by atoms with Crippen molar-refractivity contribution in [1.82, 2.24) is 10.2 Å². The van der Waals surface area contributed by atoms with Gasteiger partial charge in [-0.1, -0.05) is 13.3 Å². The van der Waals surface area contributed by atoms with E-state index in [0.29, 0.717) is 12.2 Å². The molecule has 4 heteroatoms. The maximum absolute atomic E-state index is 5.77. The maximum Gasteiger partial charge on any atom is 0.169 e. The minimum atomic E-state index is 0.426. The number of thiocarbonyl (C=S) groups is 1. The third-order valence-corrected chi connectivity index (χ3v) is 3.54. The summed E-state index contributed by atoms with van der Waals surface area (Å²) in [5.74, 6) is 0. The molecule has 2 bridgehead atoms. The minimum absolute atomic E-state index is 0.426. The van der Waals surface area contributed by atoms with E-state index in [9.17, 15) is 0 Å². The van der Waals surface area contributed by atoms with Crippen LogP contribution < -0.4 is 5.32 Å². The summed E-state index contributed by atoms with van der Waals surface area (Å²) >= 11 is 5.38. The first-order valence-electron chi connectivity index (χ1n) is 5.98. The molecule has 2 unspecified atom stereocenters. The number of ether oxygens (including phenoxy) is 1. The van der Waals surface area contributed by atoms with Crippen molar-refractivity contribution in [1.29, 1.82) is 0 Å². The Morgan fingerprint density at radius 3 is 2.67 bits per heavy atom. The second kappa shape index (κ2) is 5.12. The highest BCUT2D eigenvalue weighted by molar-refractivity contribution is 7.80. The highest BCUT2D eigenvalue weighted by Crippen LogP contribution is 2.26. The molecule has 3 nitrogen and oxygen atoms in total. The van der Waals surface area contributed by atoms with E-state index < -0.39 is 0 Å². The van der Waals surface area contributed by atoms with Gasteiger partial charge in [0.15, 0.2) is 5.11 Å². The van der Waals surface area contributed by atoms with Crippen LogP contribution in [0, 0.1) is 0 Å². The van der Waals surface area contributed by atoms with Crippen LogP contribution in [0.5, 0.6) is 0 Å². The van der Waals surface area contributed by atoms with Crippen LogP contribution in [0.25, 0.3) is 0 Å². The minimum Gasteiger partial charge on any atom is -0.371 e. The van der Waals surface area contributed by atoms with Crippen LogP contribution in [0.2, 0.25) is 0 Å². The van der Waals surface area contributed by atoms with Crippen LogP contribution in [-0.4, -0.2) is 41.9 Å². The number of nitrogens with zero attached hydrogens (tertiary/aromatic N) is 1. The Kier molecular flexibility index (Phi) is 3.81. The van der Waals surface area contributed by atoms with E-state index in [1.165, 1.54) is 25.7 Å². The molecule has 2 heterocycles. The lowest BCUT2D eigenvalue weighted by atomic mass is 10.2. The van der Waals surface area contributed by atoms with Gasteiger partial charge < -0.3 is 15.0 Å². The van der Waals surface area contributed by atoms with Crippen molar-refractivity contribution in [3.05, 3.63) is 0 Å². The van der Waals surface area contributed by atoms with Crippen molar-refractivity contribution in [2.45, 2.75) is 44.8 Å². The molecule has 0 aliphatic carbocycles. The van der Waals surface area contributed by atoms with Gasteiger partial charge in [0, 0.05) is 19.6 Å². The Labute approximate surface area is 97.2 Å². The molecule has 0 aromatic carbocycles. The second-order valence-corrected chi connectivity index (χ2v) is 4.83. The van der Waals surface area contributed by atoms with Gasteiger partial charge in [0.2, 0.25) is 0 Å². The smallest absolute Gasteiger partial charge is 0.169 e. The molecule has 2 aliphatic rings. The summed E-state index contributed by atoms with van der Waals surface area (Å²) in [6, 6.07) is 0. The van der Waals surface area contributed by atoms with Gasteiger partial charge in [-0.15, -0.1) is 0 Å². The maximum atomic E-state index is 5.77. The molecule has 2 aliphatic heterocycles. The molecule has 2 fully saturated rings. The number of unbranched alkanes of at least 4 members (excludes halogenated alkanes) is 1. The van der Waals surface area contributed by atoms with Gasteiger partial charge in [-0.05, 0) is 31.5 Å². The normalized spacial score (nSPS) is 29.3. The summed E-state index contributed by atoms with van der Waals surface area (Å²) < 4.78 is 5.77. The van der Waals surface area contributed by atoms with E-state index in [-0.39, 0.29) is 0 Å². The van der Waals surface area contributed by atoms with E-state index in [1.807, 2.05) is 0 Å². The zero-order valence-electron chi connectivity index (χ0n) is 9.37. The first-order chi connectivity index (χ1) is 7.29. The zero-order valence-corrected chi connectivity index (χ0v) is 10.2. The van der Waals surface area contributed by atoms with Crippen LogP contribution in [0.4, 0.5) is 0 Å². The van der Waals surface area contributed by atoms with E-state index in [0.717, 1.165) is 24.7 Å². The standard InChI is InChI=1S/C11H20N2OS/c1-2-3-6-12-11(15)13-7-9-4-5-10(8-13)14-9/h9-10H,2-8H2,1H3,(H,12,15). The number of likely N-dealkylation sites (tertiary alicyclic amines) is 1. The Hall–Kier alpha value is -0.350. The van der Waals surface area contributed by atoms with Gasteiger partial charge in [-0.3, -0.25) is 0 Å². The van der Waals surface area contributed by atoms with Crippen LogP contribution in [0.15, 0.2) is 0 Å². The predicted molar refractivity (Wildman–Crippen MR) is 65.0 cm³/mol. The molecule has 2 saturated heterocycles. The van der Waals surface area contributed by atoms with Crippen molar-refractivity contribution >= 4 is 17.3 Å². The number of hydrogen-bond donors (Lipinski definition) is 1. The molecule has 0 saturated carbocycles. The predicted octanol–water partition coefficient (Wildman–Crippen LogP) is 1.52. The number of hydrogen-bond acceptors (Lipinski definition) is 2. The molecular formula is C11H20N2OS. The number of nitrogens with one attached hydrogen (secondary N) is 1. The third kappa shape index (κ3) is 2.82. The van der Waals surface area contributed by atoms with Gasteiger partial charge in [0.1, 0.15) is 0 Å². The number of rotatable bonds is 3. The van der Waals surface area contributed by atoms with E-state index >= 15 is 0 Å². The Bertz CT molecular complexity index is 223. The Morgan fingerprint density at radius 1 is 1.40 bits per heavy atom. The summed E-state index contributed by atoms with van der Waals surface area (Å²) in [6.07, 6.45) is 5.67. The Morgan fingerprint density at radius 2 is 2.07 bits per heavy atom. The molecule has 2 rings (SSSR count). The highest BCUT2D eigenvalue weighted by Gasteiger charge is 2.34. The SMILES string of the molecule is CCCCNC(=S)N1CC2CCC(C1)O2. The quantitative estimate of drug-likeness (QED) is 0.585. The average Bonchev–Trinajstić information content (AvgIpc) is 2.58. The fourth-order valence-electron chi connectivity index (χ4n) is 2.26. The lowest BCUT2D eigenvalue weighted by Gasteiger charge is -2.34. The van der Waals surface area contributed by atoms with E-state index in [1.54, 1.807) is 0 Å². The molecule has 0 aromatic rings. The number of fused-ring (bicyclic) bond motifs is 2. The van der Waals surface area contributed by atoms with Crippen molar-refractivity contribution < 1.29 is 4.74 Å². The van der Waals surface area contributed by atoms with Crippen molar-refractivity contribution in [2.75, 3.05) is 19.6 Å². The van der Waals surface area contributed by atoms with Gasteiger partial charge in [0.05, 0.1) is 12.2 Å². The van der Waals surface area contributed by atoms with Gasteiger partial charge in [-0.25, -0.2) is 0 Å². The van der Waals surface area contributed by atoms with Gasteiger partial charge in [-0.2, -0.15) is 0 Å². The molecule has 1 N–H and O–H groups in total. The fraction of sp³-hybridized carbons (Fsp3) is 0.909. The molecule has 0 aromatic heterocycles. The van der Waals surface area contributed by atoms with Crippen LogP contribution >= 0.6 is 12.2 Å². The summed E-state index contributed by atoms with van der Waals surface area (Å²) in [6.45, 7) is 5.16. The molecule has 0 spiro atoms. The monoisotopic (exact) mass is 228 g/mol. The second-order valence-electron chi connectivity index (χ2n) is 4.45. The lowest BCUT2D eigenvalue weighted by Crippen LogP contribution is -2.49. The molecular weight excluding hydrogens is 208 g/mol. The molecule has 86 valence electrons. The number of morpholine rings is 1. The topological polar surface area (TPSA) is 24.5 Å². The van der Waals surface area contributed by atoms with Crippen LogP contribution in [0.3, 0.4) is 0 Å². The summed E-state index contributed by atoms with van der Waals surface area (Å²) in [7, 11) is 0. The summed E-state index contributed by atoms with van der Waals surface area (Å²) in [5.41, 5.74) is 0. The fourth-order valence-corrected chi connectivity index (χ4v) is 2.52. The van der Waals surface area contributed by atoms with Crippen molar-refractivity contribution in [3.8, 4) is 0 Å². The largest absolute Gasteiger partial charge is 0.371 e. The van der Waals surface area contributed by atoms with E-state index in [4.69, 9.17) is 17.0 Å². The molecule has 2 atom stereocenters. The summed E-state index contributed by atoms with van der Waals surface area (Å²) in [5, 5.41) is 4.24.